The molecule has 2 heterocycles. The van der Waals surface area contributed by atoms with E-state index < -0.39 is 17.7 Å². The SMILES string of the molecule is CCC.COC(=O)C(C)(C)OC(=O)N1CCc2cc(OCc3nc(C)ccc3OC)ccc2C1. The number of benzene rings is 1. The molecule has 0 saturated heterocycles. The molecule has 34 heavy (non-hydrogen) atoms. The van der Waals surface area contributed by atoms with Crippen LogP contribution in [0, 0.1) is 6.92 Å². The number of methoxy groups -OCH3 is 2. The lowest BCUT2D eigenvalue weighted by atomic mass is 10.00. The van der Waals surface area contributed by atoms with Gasteiger partial charge in [-0.1, -0.05) is 26.3 Å². The maximum Gasteiger partial charge on any atom is 0.411 e. The Morgan fingerprint density at radius 2 is 1.79 bits per heavy atom. The number of carbonyl (C=O) groups is 2. The zero-order valence-corrected chi connectivity index (χ0v) is 21.3. The van der Waals surface area contributed by atoms with Gasteiger partial charge >= 0.3 is 12.1 Å². The van der Waals surface area contributed by atoms with Gasteiger partial charge in [0.15, 0.2) is 0 Å². The van der Waals surface area contributed by atoms with Crippen molar-refractivity contribution in [2.45, 2.75) is 66.2 Å². The summed E-state index contributed by atoms with van der Waals surface area (Å²) in [5, 5.41) is 0. The third-order valence-corrected chi connectivity index (χ3v) is 5.13. The van der Waals surface area contributed by atoms with Gasteiger partial charge in [0.25, 0.3) is 0 Å². The number of esters is 1. The Morgan fingerprint density at radius 1 is 1.09 bits per heavy atom. The highest BCUT2D eigenvalue weighted by Crippen LogP contribution is 2.26. The molecule has 0 unspecified atom stereocenters. The van der Waals surface area contributed by atoms with Gasteiger partial charge in [-0.2, -0.15) is 0 Å². The van der Waals surface area contributed by atoms with Crippen molar-refractivity contribution in [1.29, 1.82) is 0 Å². The first kappa shape index (κ1) is 27.0. The molecule has 1 aromatic heterocycles. The third-order valence-electron chi connectivity index (χ3n) is 5.13. The third kappa shape index (κ3) is 7.10. The maximum absolute atomic E-state index is 12.5. The second-order valence-corrected chi connectivity index (χ2v) is 8.57. The maximum atomic E-state index is 12.5. The molecule has 3 rings (SSSR count). The predicted octanol–water partition coefficient (Wildman–Crippen LogP) is 4.84. The number of pyridine rings is 1. The Morgan fingerprint density at radius 3 is 2.44 bits per heavy atom. The Kier molecular flexibility index (Phi) is 9.71. The average Bonchev–Trinajstić information content (AvgIpc) is 2.82. The topological polar surface area (TPSA) is 87.2 Å². The van der Waals surface area contributed by atoms with Crippen molar-refractivity contribution in [3.05, 3.63) is 52.8 Å². The fourth-order valence-corrected chi connectivity index (χ4v) is 3.38. The first-order chi connectivity index (χ1) is 16.1. The van der Waals surface area contributed by atoms with Gasteiger partial charge in [-0.25, -0.2) is 9.59 Å². The van der Waals surface area contributed by atoms with Gasteiger partial charge in [-0.15, -0.1) is 0 Å². The Labute approximate surface area is 202 Å². The van der Waals surface area contributed by atoms with Crippen LogP contribution in [0.2, 0.25) is 0 Å². The van der Waals surface area contributed by atoms with Crippen LogP contribution in [-0.4, -0.2) is 48.3 Å². The number of rotatable bonds is 6. The molecule has 0 spiro atoms. The van der Waals surface area contributed by atoms with Gasteiger partial charge in [0.05, 0.1) is 14.2 Å². The molecule has 0 bridgehead atoms. The molecule has 1 aliphatic rings. The molecule has 1 aromatic carbocycles. The summed E-state index contributed by atoms with van der Waals surface area (Å²) in [5.41, 5.74) is 2.42. The van der Waals surface area contributed by atoms with Crippen molar-refractivity contribution >= 4 is 12.1 Å². The van der Waals surface area contributed by atoms with Crippen LogP contribution < -0.4 is 9.47 Å². The summed E-state index contributed by atoms with van der Waals surface area (Å²) in [5.74, 6) is 0.819. The summed E-state index contributed by atoms with van der Waals surface area (Å²) >= 11 is 0. The molecular formula is C26H36N2O6. The van der Waals surface area contributed by atoms with E-state index in [0.717, 1.165) is 28.3 Å². The van der Waals surface area contributed by atoms with Crippen LogP contribution in [0.5, 0.6) is 11.5 Å². The fourth-order valence-electron chi connectivity index (χ4n) is 3.38. The van der Waals surface area contributed by atoms with Crippen LogP contribution in [0.3, 0.4) is 0 Å². The van der Waals surface area contributed by atoms with E-state index in [-0.39, 0.29) is 0 Å². The van der Waals surface area contributed by atoms with E-state index in [1.165, 1.54) is 27.4 Å². The van der Waals surface area contributed by atoms with Gasteiger partial charge in [-0.05, 0) is 62.6 Å². The molecule has 8 heteroatoms. The number of amides is 1. The van der Waals surface area contributed by atoms with E-state index >= 15 is 0 Å². The minimum absolute atomic E-state index is 0.296. The summed E-state index contributed by atoms with van der Waals surface area (Å²) in [6.45, 7) is 10.4. The van der Waals surface area contributed by atoms with Crippen molar-refractivity contribution in [3.63, 3.8) is 0 Å². The molecule has 0 radical (unpaired) electrons. The molecule has 0 fully saturated rings. The van der Waals surface area contributed by atoms with Crippen molar-refractivity contribution in [3.8, 4) is 11.5 Å². The Balaban J connectivity index is 0.00000129. The highest BCUT2D eigenvalue weighted by Gasteiger charge is 2.35. The predicted molar refractivity (Wildman–Crippen MR) is 129 cm³/mol. The molecule has 0 N–H and O–H groups in total. The zero-order chi connectivity index (χ0) is 25.3. The smallest absolute Gasteiger partial charge is 0.411 e. The quantitative estimate of drug-likeness (QED) is 0.556. The second kappa shape index (κ2) is 12.3. The summed E-state index contributed by atoms with van der Waals surface area (Å²) in [6.07, 6.45) is 1.37. The summed E-state index contributed by atoms with van der Waals surface area (Å²) in [7, 11) is 2.87. The average molecular weight is 473 g/mol. The van der Waals surface area contributed by atoms with Gasteiger partial charge in [-0.3, -0.25) is 4.98 Å². The lowest BCUT2D eigenvalue weighted by molar-refractivity contribution is -0.159. The van der Waals surface area contributed by atoms with Gasteiger partial charge in [0, 0.05) is 18.8 Å². The molecule has 0 aliphatic carbocycles. The fraction of sp³-hybridized carbons (Fsp3) is 0.500. The highest BCUT2D eigenvalue weighted by molar-refractivity contribution is 5.82. The van der Waals surface area contributed by atoms with Crippen LogP contribution in [0.15, 0.2) is 30.3 Å². The number of aromatic nitrogens is 1. The van der Waals surface area contributed by atoms with E-state index in [1.54, 1.807) is 12.0 Å². The van der Waals surface area contributed by atoms with Crippen LogP contribution in [0.25, 0.3) is 0 Å². The van der Waals surface area contributed by atoms with Crippen molar-refractivity contribution in [2.75, 3.05) is 20.8 Å². The normalized spacial score (nSPS) is 12.6. The minimum atomic E-state index is -1.34. The number of carbonyl (C=O) groups excluding carboxylic acids is 2. The van der Waals surface area contributed by atoms with Crippen LogP contribution in [0.1, 0.15) is 56.6 Å². The largest absolute Gasteiger partial charge is 0.495 e. The number of ether oxygens (including phenoxy) is 4. The summed E-state index contributed by atoms with van der Waals surface area (Å²) < 4.78 is 21.3. The number of fused-ring (bicyclic) bond motifs is 1. The standard InChI is InChI=1S/C23H28N2O6.C3H8/c1-15-6-9-20(28-4)19(24-15)14-30-18-8-7-17-13-25(11-10-16(17)12-18)22(27)31-23(2,3)21(26)29-5;1-3-2/h6-9,12H,10-11,13-14H2,1-5H3;3H2,1-2H3. The number of nitrogens with zero attached hydrogens (tertiary/aromatic N) is 2. The van der Waals surface area contributed by atoms with Gasteiger partial charge in [0.1, 0.15) is 23.8 Å². The first-order valence-electron chi connectivity index (χ1n) is 11.5. The number of hydrogen-bond donors (Lipinski definition) is 0. The van der Waals surface area contributed by atoms with Crippen LogP contribution >= 0.6 is 0 Å². The lowest BCUT2D eigenvalue weighted by Gasteiger charge is -2.31. The monoisotopic (exact) mass is 472 g/mol. The molecule has 0 atom stereocenters. The molecular weight excluding hydrogens is 436 g/mol. The Hall–Kier alpha value is -3.29. The minimum Gasteiger partial charge on any atom is -0.495 e. The lowest BCUT2D eigenvalue weighted by Crippen LogP contribution is -2.44. The van der Waals surface area contributed by atoms with Gasteiger partial charge in [0.2, 0.25) is 5.60 Å². The summed E-state index contributed by atoms with van der Waals surface area (Å²) in [4.78, 5) is 30.3. The van der Waals surface area contributed by atoms with Crippen molar-refractivity contribution < 1.29 is 28.5 Å². The van der Waals surface area contributed by atoms with E-state index in [4.69, 9.17) is 14.2 Å². The molecule has 2 aromatic rings. The molecule has 0 saturated carbocycles. The molecule has 1 amide bonds. The zero-order valence-electron chi connectivity index (χ0n) is 21.3. The Bertz CT molecular complexity index is 989. The van der Waals surface area contributed by atoms with Crippen LogP contribution in [0.4, 0.5) is 4.79 Å². The number of aryl methyl sites for hydroxylation is 1. The molecule has 1 aliphatic heterocycles. The van der Waals surface area contributed by atoms with E-state index in [1.807, 2.05) is 37.3 Å². The molecule has 186 valence electrons. The van der Waals surface area contributed by atoms with E-state index in [2.05, 4.69) is 23.6 Å². The van der Waals surface area contributed by atoms with E-state index in [0.29, 0.717) is 31.9 Å². The van der Waals surface area contributed by atoms with Crippen molar-refractivity contribution in [1.82, 2.24) is 9.88 Å². The summed E-state index contributed by atoms with van der Waals surface area (Å²) in [6, 6.07) is 9.57. The number of hydrogen-bond acceptors (Lipinski definition) is 7. The van der Waals surface area contributed by atoms with Gasteiger partial charge < -0.3 is 23.8 Å². The second-order valence-electron chi connectivity index (χ2n) is 8.57. The first-order valence-corrected chi connectivity index (χ1v) is 11.5. The van der Waals surface area contributed by atoms with E-state index in [9.17, 15) is 9.59 Å². The van der Waals surface area contributed by atoms with Crippen molar-refractivity contribution in [2.24, 2.45) is 0 Å². The molecule has 8 nitrogen and oxygen atoms in total. The highest BCUT2D eigenvalue weighted by atomic mass is 16.6. The van der Waals surface area contributed by atoms with Crippen LogP contribution in [-0.2, 0) is 33.8 Å².